The van der Waals surface area contributed by atoms with E-state index in [-0.39, 0.29) is 17.7 Å². The van der Waals surface area contributed by atoms with Crippen molar-refractivity contribution in [2.45, 2.75) is 20.0 Å². The van der Waals surface area contributed by atoms with E-state index < -0.39 is 6.61 Å². The highest BCUT2D eigenvalue weighted by molar-refractivity contribution is 5.94. The van der Waals surface area contributed by atoms with Crippen molar-refractivity contribution in [3.8, 4) is 5.75 Å². The number of hydrogen-bond donors (Lipinski definition) is 3. The third-order valence-electron chi connectivity index (χ3n) is 3.86. The third-order valence-corrected chi connectivity index (χ3v) is 3.86. The van der Waals surface area contributed by atoms with Gasteiger partial charge in [0.1, 0.15) is 5.75 Å². The molecule has 6 nitrogen and oxygen atoms in total. The number of rotatable bonds is 9. The van der Waals surface area contributed by atoms with Crippen LogP contribution in [0.2, 0.25) is 0 Å². The van der Waals surface area contributed by atoms with Crippen molar-refractivity contribution >= 4 is 11.9 Å². The topological polar surface area (TPSA) is 79.5 Å². The Kier molecular flexibility index (Phi) is 8.20. The van der Waals surface area contributed by atoms with Crippen molar-refractivity contribution in [3.63, 3.8) is 0 Å². The average Bonchev–Trinajstić information content (AvgIpc) is 2.66. The number of amides is 3. The summed E-state index contributed by atoms with van der Waals surface area (Å²) in [6.45, 7) is 0.0879. The summed E-state index contributed by atoms with van der Waals surface area (Å²) in [6.07, 6.45) is 0.548. The Hall–Kier alpha value is -3.16. The Morgan fingerprint density at radius 1 is 0.893 bits per heavy atom. The predicted molar refractivity (Wildman–Crippen MR) is 102 cm³/mol. The molecule has 0 heterocycles. The summed E-state index contributed by atoms with van der Waals surface area (Å²) in [6, 6.07) is 13.1. The van der Waals surface area contributed by atoms with Crippen molar-refractivity contribution < 1.29 is 23.1 Å². The van der Waals surface area contributed by atoms with Gasteiger partial charge in [0.05, 0.1) is 0 Å². The molecule has 0 saturated heterocycles. The van der Waals surface area contributed by atoms with Gasteiger partial charge in [-0.05, 0) is 43.2 Å². The average molecular weight is 391 g/mol. The summed E-state index contributed by atoms with van der Waals surface area (Å²) in [7, 11) is 0. The van der Waals surface area contributed by atoms with Crippen LogP contribution in [0.4, 0.5) is 13.6 Å². The molecule has 0 saturated carbocycles. The highest BCUT2D eigenvalue weighted by atomic mass is 19.3. The van der Waals surface area contributed by atoms with E-state index in [2.05, 4.69) is 20.7 Å². The number of ether oxygens (including phenoxy) is 1. The third kappa shape index (κ3) is 7.61. The summed E-state index contributed by atoms with van der Waals surface area (Å²) in [5.74, 6) is -0.0985. The molecule has 2 aromatic carbocycles. The smallest absolute Gasteiger partial charge is 0.387 e. The van der Waals surface area contributed by atoms with Gasteiger partial charge in [-0.2, -0.15) is 8.78 Å². The summed E-state index contributed by atoms with van der Waals surface area (Å²) in [5, 5.41) is 8.07. The summed E-state index contributed by atoms with van der Waals surface area (Å²) >= 11 is 0. The molecule has 3 N–H and O–H groups in total. The van der Waals surface area contributed by atoms with Gasteiger partial charge < -0.3 is 20.7 Å². The molecule has 150 valence electrons. The maximum atomic E-state index is 12.1. The first-order valence-corrected chi connectivity index (χ1v) is 8.84. The van der Waals surface area contributed by atoms with E-state index >= 15 is 0 Å². The molecule has 0 unspecified atom stereocenters. The van der Waals surface area contributed by atoms with Crippen molar-refractivity contribution in [2.24, 2.45) is 0 Å². The van der Waals surface area contributed by atoms with Gasteiger partial charge in [0.2, 0.25) is 0 Å². The second-order valence-electron chi connectivity index (χ2n) is 6.08. The van der Waals surface area contributed by atoms with Crippen LogP contribution in [0.5, 0.6) is 5.75 Å². The number of halogens is 2. The molecule has 3 amide bonds. The molecule has 2 rings (SSSR count). The van der Waals surface area contributed by atoms with Crippen LogP contribution in [-0.4, -0.2) is 38.2 Å². The van der Waals surface area contributed by atoms with Crippen LogP contribution in [0.15, 0.2) is 48.5 Å². The molecule has 0 aromatic heterocycles. The van der Waals surface area contributed by atoms with Gasteiger partial charge in [-0.3, -0.25) is 4.79 Å². The lowest BCUT2D eigenvalue weighted by Gasteiger charge is -2.09. The minimum Gasteiger partial charge on any atom is -0.435 e. The molecular weight excluding hydrogens is 368 g/mol. The molecule has 8 heteroatoms. The Morgan fingerprint density at radius 3 is 2.14 bits per heavy atom. The van der Waals surface area contributed by atoms with E-state index in [4.69, 9.17) is 0 Å². The van der Waals surface area contributed by atoms with Crippen molar-refractivity contribution in [3.05, 3.63) is 65.2 Å². The SMILES string of the molecule is Cc1ccc(C(=O)NCCNC(=O)NCCc2ccc(OC(F)F)cc2)cc1. The number of hydrogen-bond acceptors (Lipinski definition) is 3. The lowest BCUT2D eigenvalue weighted by Crippen LogP contribution is -2.40. The predicted octanol–water partition coefficient (Wildman–Crippen LogP) is 2.87. The van der Waals surface area contributed by atoms with E-state index in [0.29, 0.717) is 31.6 Å². The second kappa shape index (κ2) is 10.9. The van der Waals surface area contributed by atoms with Crippen LogP contribution >= 0.6 is 0 Å². The van der Waals surface area contributed by atoms with E-state index in [1.54, 1.807) is 24.3 Å². The van der Waals surface area contributed by atoms with Gasteiger partial charge in [-0.25, -0.2) is 4.79 Å². The standard InChI is InChI=1S/C20H23F2N3O3/c1-14-2-6-16(7-3-14)18(26)23-12-13-25-20(27)24-11-10-15-4-8-17(9-5-15)28-19(21)22/h2-9,19H,10-13H2,1H3,(H,23,26)(H2,24,25,27). The summed E-state index contributed by atoms with van der Waals surface area (Å²) < 4.78 is 28.4. The molecule has 0 atom stereocenters. The van der Waals surface area contributed by atoms with E-state index in [1.807, 2.05) is 19.1 Å². The zero-order valence-electron chi connectivity index (χ0n) is 15.5. The van der Waals surface area contributed by atoms with Crippen molar-refractivity contribution in [1.29, 1.82) is 0 Å². The van der Waals surface area contributed by atoms with Gasteiger partial charge >= 0.3 is 12.6 Å². The van der Waals surface area contributed by atoms with Crippen LogP contribution in [-0.2, 0) is 6.42 Å². The van der Waals surface area contributed by atoms with Crippen LogP contribution in [0, 0.1) is 6.92 Å². The molecule has 0 radical (unpaired) electrons. The van der Waals surface area contributed by atoms with Crippen molar-refractivity contribution in [2.75, 3.05) is 19.6 Å². The Balaban J connectivity index is 1.58. The molecule has 28 heavy (non-hydrogen) atoms. The number of aryl methyl sites for hydroxylation is 1. The van der Waals surface area contributed by atoms with E-state index in [9.17, 15) is 18.4 Å². The fraction of sp³-hybridized carbons (Fsp3) is 0.300. The largest absolute Gasteiger partial charge is 0.435 e. The number of urea groups is 1. The molecule has 0 aliphatic heterocycles. The molecule has 0 spiro atoms. The highest BCUT2D eigenvalue weighted by Crippen LogP contribution is 2.14. The lowest BCUT2D eigenvalue weighted by molar-refractivity contribution is -0.0498. The zero-order valence-corrected chi connectivity index (χ0v) is 15.5. The second-order valence-corrected chi connectivity index (χ2v) is 6.08. The maximum absolute atomic E-state index is 12.1. The quantitative estimate of drug-likeness (QED) is 0.575. The maximum Gasteiger partial charge on any atom is 0.387 e. The minimum absolute atomic E-state index is 0.0946. The van der Waals surface area contributed by atoms with Gasteiger partial charge in [-0.1, -0.05) is 29.8 Å². The van der Waals surface area contributed by atoms with Crippen LogP contribution in [0.3, 0.4) is 0 Å². The summed E-state index contributed by atoms with van der Waals surface area (Å²) in [4.78, 5) is 23.6. The van der Waals surface area contributed by atoms with Crippen molar-refractivity contribution in [1.82, 2.24) is 16.0 Å². The van der Waals surface area contributed by atoms with Crippen LogP contribution < -0.4 is 20.7 Å². The van der Waals surface area contributed by atoms with Gasteiger partial charge in [-0.15, -0.1) is 0 Å². The number of nitrogens with one attached hydrogen (secondary N) is 3. The van der Waals surface area contributed by atoms with E-state index in [0.717, 1.165) is 11.1 Å². The van der Waals surface area contributed by atoms with Crippen LogP contribution in [0.1, 0.15) is 21.5 Å². The fourth-order valence-corrected chi connectivity index (χ4v) is 2.38. The first-order chi connectivity index (χ1) is 13.4. The van der Waals surface area contributed by atoms with Gasteiger partial charge in [0.15, 0.2) is 0 Å². The monoisotopic (exact) mass is 391 g/mol. The van der Waals surface area contributed by atoms with Crippen LogP contribution in [0.25, 0.3) is 0 Å². The number of carbonyl (C=O) groups excluding carboxylic acids is 2. The molecule has 0 aliphatic rings. The van der Waals surface area contributed by atoms with E-state index in [1.165, 1.54) is 12.1 Å². The number of carbonyl (C=O) groups is 2. The molecule has 2 aromatic rings. The normalized spacial score (nSPS) is 10.4. The summed E-state index contributed by atoms with van der Waals surface area (Å²) in [5.41, 5.74) is 2.53. The van der Waals surface area contributed by atoms with Gasteiger partial charge in [0.25, 0.3) is 5.91 Å². The highest BCUT2D eigenvalue weighted by Gasteiger charge is 2.06. The Morgan fingerprint density at radius 2 is 1.50 bits per heavy atom. The fourth-order valence-electron chi connectivity index (χ4n) is 2.38. The molecule has 0 bridgehead atoms. The zero-order chi connectivity index (χ0) is 20.4. The molecule has 0 fully saturated rings. The van der Waals surface area contributed by atoms with Gasteiger partial charge in [0, 0.05) is 25.2 Å². The molecule has 0 aliphatic carbocycles. The Labute approximate surface area is 162 Å². The first kappa shape index (κ1) is 21.1. The Bertz CT molecular complexity index is 765. The minimum atomic E-state index is -2.85. The lowest BCUT2D eigenvalue weighted by atomic mass is 10.1. The first-order valence-electron chi connectivity index (χ1n) is 8.84. The number of alkyl halides is 2. The number of benzene rings is 2. The molecular formula is C20H23F2N3O3.